The Hall–Kier alpha value is 1.12. The summed E-state index contributed by atoms with van der Waals surface area (Å²) in [5.41, 5.74) is 0. The van der Waals surface area contributed by atoms with Crippen molar-refractivity contribution in [2.24, 2.45) is 0 Å². The highest BCUT2D eigenvalue weighted by Crippen LogP contribution is 1.56. The molecule has 0 heterocycles. The molecule has 0 aliphatic rings. The first-order valence-corrected chi connectivity index (χ1v) is 1.41. The Labute approximate surface area is 75.6 Å². The van der Waals surface area contributed by atoms with Gasteiger partial charge >= 0.3 is 0 Å². The van der Waals surface area contributed by atoms with Gasteiger partial charge in [0.15, 0.2) is 0 Å². The van der Waals surface area contributed by atoms with Crippen LogP contribution in [0.1, 0.15) is 20.3 Å². The van der Waals surface area contributed by atoms with Crippen molar-refractivity contribution in [2.75, 3.05) is 0 Å². The molecule has 0 aromatic rings. The van der Waals surface area contributed by atoms with Crippen LogP contribution < -0.4 is 0 Å². The molecule has 0 atom stereocenters. The van der Waals surface area contributed by atoms with Gasteiger partial charge in [-0.05, 0) is 0 Å². The van der Waals surface area contributed by atoms with Gasteiger partial charge in [0, 0.05) is 0 Å². The fourth-order valence-electron chi connectivity index (χ4n) is 0. The molecular weight excluding hydrogens is 194 g/mol. The highest BCUT2D eigenvalue weighted by molar-refractivity contribution is 5.86. The van der Waals surface area contributed by atoms with Gasteiger partial charge in [-0.2, -0.15) is 0 Å². The lowest BCUT2D eigenvalue weighted by Gasteiger charge is -1.48. The molecule has 0 fully saturated rings. The first kappa shape index (κ1) is 61.8. The Balaban J connectivity index is -0.00000000200. The van der Waals surface area contributed by atoms with Gasteiger partial charge in [-0.3, -0.25) is 0 Å². The van der Waals surface area contributed by atoms with Crippen molar-refractivity contribution in [3.8, 4) is 0 Å². The van der Waals surface area contributed by atoms with Crippen LogP contribution in [0.2, 0.25) is 0 Å². The van der Waals surface area contributed by atoms with Crippen LogP contribution in [0, 0.1) is 0 Å². The van der Waals surface area contributed by atoms with Crippen molar-refractivity contribution in [3.05, 3.63) is 0 Å². The molecule has 0 saturated heterocycles. The van der Waals surface area contributed by atoms with E-state index in [0.717, 1.165) is 0 Å². The standard InChI is InChI=1S/C3H8.4ClH.H2O/c1-3-2;;;;;/h3H2,1-2H3;4*1H;1H2. The molecule has 1 nitrogen and oxygen atoms in total. The maximum Gasteiger partial charge on any atom is -0.0590 e. The van der Waals surface area contributed by atoms with Crippen molar-refractivity contribution < 1.29 is 5.48 Å². The van der Waals surface area contributed by atoms with E-state index in [4.69, 9.17) is 0 Å². The summed E-state index contributed by atoms with van der Waals surface area (Å²) in [4.78, 5) is 0. The summed E-state index contributed by atoms with van der Waals surface area (Å²) in [7, 11) is 0. The van der Waals surface area contributed by atoms with Crippen LogP contribution >= 0.6 is 49.6 Å². The van der Waals surface area contributed by atoms with Gasteiger partial charge in [0.25, 0.3) is 0 Å². The van der Waals surface area contributed by atoms with E-state index in [1.807, 2.05) is 0 Å². The molecule has 0 rings (SSSR count). The average Bonchev–Trinajstić information content (AvgIpc) is 0.918. The van der Waals surface area contributed by atoms with Crippen molar-refractivity contribution in [2.45, 2.75) is 20.3 Å². The van der Waals surface area contributed by atoms with Crippen LogP contribution in [0.3, 0.4) is 0 Å². The summed E-state index contributed by atoms with van der Waals surface area (Å²) in [6.07, 6.45) is 1.25. The van der Waals surface area contributed by atoms with E-state index in [1.54, 1.807) is 0 Å². The smallest absolute Gasteiger partial charge is 0.0590 e. The molecule has 0 saturated carbocycles. The maximum atomic E-state index is 2.12. The minimum Gasteiger partial charge on any atom is -0.412 e. The molecular formula is C3H14Cl4O. The van der Waals surface area contributed by atoms with E-state index in [2.05, 4.69) is 13.8 Å². The van der Waals surface area contributed by atoms with Gasteiger partial charge in [0.05, 0.1) is 0 Å². The first-order chi connectivity index (χ1) is 1.41. The molecule has 0 aliphatic carbocycles. The van der Waals surface area contributed by atoms with Gasteiger partial charge in [-0.1, -0.05) is 20.3 Å². The van der Waals surface area contributed by atoms with Crippen LogP contribution in [0.15, 0.2) is 0 Å². The van der Waals surface area contributed by atoms with Gasteiger partial charge in [0.1, 0.15) is 0 Å². The monoisotopic (exact) mass is 206 g/mol. The van der Waals surface area contributed by atoms with Crippen LogP contribution in [0.4, 0.5) is 0 Å². The molecule has 0 unspecified atom stereocenters. The van der Waals surface area contributed by atoms with Gasteiger partial charge in [-0.15, -0.1) is 49.6 Å². The van der Waals surface area contributed by atoms with Crippen LogP contribution in [0.5, 0.6) is 0 Å². The average molecular weight is 208 g/mol. The topological polar surface area (TPSA) is 31.5 Å². The van der Waals surface area contributed by atoms with Crippen LogP contribution in [-0.4, -0.2) is 5.48 Å². The molecule has 0 aromatic heterocycles. The van der Waals surface area contributed by atoms with E-state index >= 15 is 0 Å². The Morgan fingerprint density at radius 2 is 0.750 bits per heavy atom. The van der Waals surface area contributed by atoms with Crippen molar-refractivity contribution in [1.82, 2.24) is 0 Å². The van der Waals surface area contributed by atoms with E-state index in [0.29, 0.717) is 0 Å². The summed E-state index contributed by atoms with van der Waals surface area (Å²) in [5.74, 6) is 0. The second kappa shape index (κ2) is 91.6. The SMILES string of the molecule is CCC.Cl.Cl.Cl.Cl.O. The predicted octanol–water partition coefficient (Wildman–Crippen LogP) is 2.28. The summed E-state index contributed by atoms with van der Waals surface area (Å²) < 4.78 is 0. The highest BCUT2D eigenvalue weighted by atomic mass is 35.5. The molecule has 5 heteroatoms. The number of hydrogen-bond donors (Lipinski definition) is 0. The molecule has 0 radical (unpaired) electrons. The fraction of sp³-hybridized carbons (Fsp3) is 1.00. The predicted molar refractivity (Wildman–Crippen MR) is 48.6 cm³/mol. The lowest BCUT2D eigenvalue weighted by Crippen LogP contribution is -1.27. The molecule has 8 heavy (non-hydrogen) atoms. The van der Waals surface area contributed by atoms with E-state index in [9.17, 15) is 0 Å². The Bertz CT molecular complexity index is 11.2. The minimum atomic E-state index is 0. The highest BCUT2D eigenvalue weighted by Gasteiger charge is 1.35. The third-order valence-electron chi connectivity index (χ3n) is 0. The minimum absolute atomic E-state index is 0. The second-order valence-electron chi connectivity index (χ2n) is 0.707. The summed E-state index contributed by atoms with van der Waals surface area (Å²) in [6.45, 7) is 4.25. The molecule has 0 bridgehead atoms. The maximum absolute atomic E-state index is 2.12. The van der Waals surface area contributed by atoms with Gasteiger partial charge in [-0.25, -0.2) is 0 Å². The zero-order chi connectivity index (χ0) is 2.71. The molecule has 0 amide bonds. The van der Waals surface area contributed by atoms with E-state index in [1.165, 1.54) is 6.42 Å². The van der Waals surface area contributed by atoms with Crippen molar-refractivity contribution in [3.63, 3.8) is 0 Å². The molecule has 0 spiro atoms. The zero-order valence-electron chi connectivity index (χ0n) is 4.84. The normalized spacial score (nSPS) is 2.25. The number of halogens is 4. The van der Waals surface area contributed by atoms with E-state index in [-0.39, 0.29) is 55.1 Å². The molecule has 60 valence electrons. The summed E-state index contributed by atoms with van der Waals surface area (Å²) in [5, 5.41) is 0. The number of hydrogen-bond acceptors (Lipinski definition) is 0. The molecule has 2 N–H and O–H groups in total. The number of rotatable bonds is 0. The summed E-state index contributed by atoms with van der Waals surface area (Å²) >= 11 is 0. The van der Waals surface area contributed by atoms with Gasteiger partial charge in [0.2, 0.25) is 0 Å². The van der Waals surface area contributed by atoms with Crippen molar-refractivity contribution >= 4 is 49.6 Å². The zero-order valence-corrected chi connectivity index (χ0v) is 8.11. The fourth-order valence-corrected chi connectivity index (χ4v) is 0. The first-order valence-electron chi connectivity index (χ1n) is 1.41. The third kappa shape index (κ3) is 213. The Morgan fingerprint density at radius 3 is 0.750 bits per heavy atom. The Morgan fingerprint density at radius 1 is 0.750 bits per heavy atom. The molecule has 0 aromatic carbocycles. The quantitative estimate of drug-likeness (QED) is 0.584. The van der Waals surface area contributed by atoms with Crippen molar-refractivity contribution in [1.29, 1.82) is 0 Å². The third-order valence-corrected chi connectivity index (χ3v) is 0. The lowest BCUT2D eigenvalue weighted by atomic mass is 10.6. The van der Waals surface area contributed by atoms with Crippen LogP contribution in [-0.2, 0) is 0 Å². The largest absolute Gasteiger partial charge is 0.412 e. The summed E-state index contributed by atoms with van der Waals surface area (Å²) in [6, 6.07) is 0. The van der Waals surface area contributed by atoms with Crippen LogP contribution in [0.25, 0.3) is 0 Å². The second-order valence-corrected chi connectivity index (χ2v) is 0.707. The molecule has 0 aliphatic heterocycles. The van der Waals surface area contributed by atoms with Gasteiger partial charge < -0.3 is 5.48 Å². The lowest BCUT2D eigenvalue weighted by molar-refractivity contribution is 0.824. The Kier molecular flexibility index (Phi) is 707. The van der Waals surface area contributed by atoms with E-state index < -0.39 is 0 Å².